The molecular weight excluding hydrogens is 387 g/mol. The van der Waals surface area contributed by atoms with Crippen LogP contribution in [-0.4, -0.2) is 0 Å². The van der Waals surface area contributed by atoms with Crippen LogP contribution in [0, 0.1) is 17.5 Å². The van der Waals surface area contributed by atoms with E-state index in [1.807, 2.05) is 0 Å². The average molecular weight is 395 g/mol. The molecular formula is C13H8Br2F3N. The Morgan fingerprint density at radius 1 is 0.947 bits per heavy atom. The van der Waals surface area contributed by atoms with Gasteiger partial charge in [0.15, 0.2) is 0 Å². The van der Waals surface area contributed by atoms with Crippen molar-refractivity contribution >= 4 is 37.5 Å². The Hall–Kier alpha value is -1.01. The van der Waals surface area contributed by atoms with Gasteiger partial charge in [-0.3, -0.25) is 0 Å². The van der Waals surface area contributed by atoms with Gasteiger partial charge in [0, 0.05) is 16.6 Å². The van der Waals surface area contributed by atoms with Crippen molar-refractivity contribution in [1.29, 1.82) is 0 Å². The molecule has 2 rings (SSSR count). The molecule has 0 bridgehead atoms. The van der Waals surface area contributed by atoms with Gasteiger partial charge in [0.1, 0.15) is 17.5 Å². The minimum Gasteiger partial charge on any atom is -0.378 e. The highest BCUT2D eigenvalue weighted by atomic mass is 79.9. The molecule has 0 heterocycles. The number of anilines is 1. The summed E-state index contributed by atoms with van der Waals surface area (Å²) >= 11 is 6.11. The van der Waals surface area contributed by atoms with Gasteiger partial charge in [-0.15, -0.1) is 0 Å². The predicted octanol–water partition coefficient (Wildman–Crippen LogP) is 5.24. The van der Waals surface area contributed by atoms with Crippen molar-refractivity contribution in [3.8, 4) is 0 Å². The first kappa shape index (κ1) is 14.4. The van der Waals surface area contributed by atoms with Crippen molar-refractivity contribution in [1.82, 2.24) is 0 Å². The highest BCUT2D eigenvalue weighted by Gasteiger charge is 2.12. The first-order chi connectivity index (χ1) is 8.99. The third-order valence-electron chi connectivity index (χ3n) is 2.53. The zero-order valence-corrected chi connectivity index (χ0v) is 12.7. The quantitative estimate of drug-likeness (QED) is 0.702. The molecule has 0 spiro atoms. The Labute approximate surface area is 125 Å². The van der Waals surface area contributed by atoms with Crippen LogP contribution in [-0.2, 0) is 6.54 Å². The molecule has 0 radical (unpaired) electrons. The molecule has 19 heavy (non-hydrogen) atoms. The fourth-order valence-corrected chi connectivity index (χ4v) is 2.25. The number of benzene rings is 2. The van der Waals surface area contributed by atoms with Crippen molar-refractivity contribution in [2.45, 2.75) is 6.54 Å². The van der Waals surface area contributed by atoms with Crippen LogP contribution < -0.4 is 5.32 Å². The van der Waals surface area contributed by atoms with Gasteiger partial charge in [-0.2, -0.15) is 0 Å². The molecule has 1 N–H and O–H groups in total. The van der Waals surface area contributed by atoms with E-state index in [1.54, 1.807) is 6.07 Å². The molecule has 0 aliphatic carbocycles. The lowest BCUT2D eigenvalue weighted by Gasteiger charge is -2.10. The van der Waals surface area contributed by atoms with Crippen LogP contribution in [0.4, 0.5) is 18.9 Å². The Morgan fingerprint density at radius 2 is 1.68 bits per heavy atom. The van der Waals surface area contributed by atoms with Crippen LogP contribution in [0.15, 0.2) is 39.3 Å². The van der Waals surface area contributed by atoms with E-state index in [9.17, 15) is 13.2 Å². The second-order valence-electron chi connectivity index (χ2n) is 3.80. The fourth-order valence-electron chi connectivity index (χ4n) is 1.55. The van der Waals surface area contributed by atoms with Crippen molar-refractivity contribution in [2.24, 2.45) is 0 Å². The predicted molar refractivity (Wildman–Crippen MR) is 75.5 cm³/mol. The maximum absolute atomic E-state index is 13.7. The summed E-state index contributed by atoms with van der Waals surface area (Å²) in [7, 11) is 0. The highest BCUT2D eigenvalue weighted by molar-refractivity contribution is 9.10. The van der Waals surface area contributed by atoms with E-state index in [0.717, 1.165) is 6.07 Å². The van der Waals surface area contributed by atoms with Gasteiger partial charge in [-0.25, -0.2) is 13.2 Å². The van der Waals surface area contributed by atoms with Gasteiger partial charge >= 0.3 is 0 Å². The van der Waals surface area contributed by atoms with Gasteiger partial charge in [-0.05, 0) is 46.3 Å². The summed E-state index contributed by atoms with van der Waals surface area (Å²) in [5.41, 5.74) is 0.0404. The van der Waals surface area contributed by atoms with Crippen LogP contribution in [0.5, 0.6) is 0 Å². The summed E-state index contributed by atoms with van der Waals surface area (Å²) in [5, 5.41) is 2.67. The molecule has 2 aromatic carbocycles. The topological polar surface area (TPSA) is 12.0 Å². The molecule has 0 aliphatic heterocycles. The molecule has 1 nitrogen and oxygen atoms in total. The summed E-state index contributed by atoms with van der Waals surface area (Å²) in [4.78, 5) is 0. The zero-order valence-electron chi connectivity index (χ0n) is 9.48. The third-order valence-corrected chi connectivity index (χ3v) is 3.63. The fraction of sp³-hybridized carbons (Fsp3) is 0.0769. The maximum atomic E-state index is 13.7. The standard InChI is InChI=1S/C13H8Br2F3N/c14-7-1-4-12(11(17)5-7)19-6-8-10(16)3-2-9(15)13(8)18/h1-5,19H,6H2. The minimum atomic E-state index is -0.690. The number of hydrogen-bond acceptors (Lipinski definition) is 1. The molecule has 0 aromatic heterocycles. The lowest BCUT2D eigenvalue weighted by atomic mass is 10.2. The summed E-state index contributed by atoms with van der Waals surface area (Å²) in [6, 6.07) is 6.85. The second kappa shape index (κ2) is 5.96. The monoisotopic (exact) mass is 393 g/mol. The Kier molecular flexibility index (Phi) is 4.52. The Balaban J connectivity index is 2.21. The summed E-state index contributed by atoms with van der Waals surface area (Å²) in [6.45, 7) is -0.143. The van der Waals surface area contributed by atoms with Gasteiger partial charge in [-0.1, -0.05) is 15.9 Å². The van der Waals surface area contributed by atoms with Crippen molar-refractivity contribution in [3.63, 3.8) is 0 Å². The van der Waals surface area contributed by atoms with E-state index >= 15 is 0 Å². The number of halogens is 5. The summed E-state index contributed by atoms with van der Waals surface area (Å²) in [6.07, 6.45) is 0. The lowest BCUT2D eigenvalue weighted by molar-refractivity contribution is 0.555. The molecule has 0 saturated heterocycles. The Morgan fingerprint density at radius 3 is 2.37 bits per heavy atom. The highest BCUT2D eigenvalue weighted by Crippen LogP contribution is 2.24. The first-order valence-corrected chi connectivity index (χ1v) is 6.89. The smallest absolute Gasteiger partial charge is 0.147 e. The maximum Gasteiger partial charge on any atom is 0.147 e. The van der Waals surface area contributed by atoms with Crippen LogP contribution in [0.3, 0.4) is 0 Å². The largest absolute Gasteiger partial charge is 0.378 e. The third kappa shape index (κ3) is 3.30. The first-order valence-electron chi connectivity index (χ1n) is 5.30. The van der Waals surface area contributed by atoms with Crippen LogP contribution >= 0.6 is 31.9 Å². The molecule has 6 heteroatoms. The second-order valence-corrected chi connectivity index (χ2v) is 5.57. The van der Waals surface area contributed by atoms with Gasteiger partial charge in [0.25, 0.3) is 0 Å². The Bertz CT molecular complexity index is 617. The zero-order chi connectivity index (χ0) is 14.0. The molecule has 0 unspecified atom stereocenters. The van der Waals surface area contributed by atoms with E-state index in [2.05, 4.69) is 37.2 Å². The summed E-state index contributed by atoms with van der Waals surface area (Å²) < 4.78 is 41.5. The van der Waals surface area contributed by atoms with Crippen LogP contribution in [0.25, 0.3) is 0 Å². The molecule has 2 aromatic rings. The summed E-state index contributed by atoms with van der Waals surface area (Å²) in [5.74, 6) is -1.86. The van der Waals surface area contributed by atoms with Crippen molar-refractivity contribution in [3.05, 3.63) is 62.3 Å². The molecule has 0 atom stereocenters. The van der Waals surface area contributed by atoms with Crippen LogP contribution in [0.2, 0.25) is 0 Å². The molecule has 0 amide bonds. The van der Waals surface area contributed by atoms with Crippen molar-refractivity contribution < 1.29 is 13.2 Å². The van der Waals surface area contributed by atoms with E-state index in [4.69, 9.17) is 0 Å². The van der Waals surface area contributed by atoms with E-state index in [-0.39, 0.29) is 22.3 Å². The number of rotatable bonds is 3. The van der Waals surface area contributed by atoms with E-state index in [0.29, 0.717) is 4.47 Å². The van der Waals surface area contributed by atoms with Gasteiger partial charge in [0.05, 0.1) is 10.2 Å². The van der Waals surface area contributed by atoms with Crippen molar-refractivity contribution in [2.75, 3.05) is 5.32 Å². The molecule has 0 aliphatic rings. The van der Waals surface area contributed by atoms with E-state index < -0.39 is 17.5 Å². The SMILES string of the molecule is Fc1cc(Br)ccc1NCc1c(F)ccc(Br)c1F. The number of nitrogens with one attached hydrogen (secondary N) is 1. The van der Waals surface area contributed by atoms with Crippen LogP contribution in [0.1, 0.15) is 5.56 Å². The molecule has 0 saturated carbocycles. The van der Waals surface area contributed by atoms with Gasteiger partial charge < -0.3 is 5.32 Å². The molecule has 100 valence electrons. The molecule has 0 fully saturated rings. The van der Waals surface area contributed by atoms with Gasteiger partial charge in [0.2, 0.25) is 0 Å². The normalized spacial score (nSPS) is 10.6. The van der Waals surface area contributed by atoms with E-state index in [1.165, 1.54) is 18.2 Å². The average Bonchev–Trinajstić information content (AvgIpc) is 2.36. The lowest BCUT2D eigenvalue weighted by Crippen LogP contribution is -2.06. The number of hydrogen-bond donors (Lipinski definition) is 1. The minimum absolute atomic E-state index is 0.142.